The number of hydrogen-bond donors (Lipinski definition) is 0. The Hall–Kier alpha value is -3.67. The molecule has 0 radical (unpaired) electrons. The van der Waals surface area contributed by atoms with Crippen molar-refractivity contribution in [1.29, 1.82) is 0 Å². The molecule has 0 N–H and O–H groups in total. The van der Waals surface area contributed by atoms with Crippen molar-refractivity contribution < 1.29 is 28.6 Å². The van der Waals surface area contributed by atoms with E-state index in [-0.39, 0.29) is 31.1 Å². The van der Waals surface area contributed by atoms with Crippen LogP contribution in [0.4, 0.5) is 0 Å². The SMILES string of the molecule is CC/C=C\C/C=C\C/C=C\C/C=C\CCCCCCC(=O)O[C@H](COC(=O)CCCCCC/C=C\C/C=C\C/C=C\CCCCC)COC(=O)CCCCCCCCC/C=C\CCCCCC. The third-order valence-electron chi connectivity index (χ3n) is 11.5. The smallest absolute Gasteiger partial charge is 0.306 e. The lowest BCUT2D eigenvalue weighted by Crippen LogP contribution is -2.30. The first kappa shape index (κ1) is 63.3. The first-order valence-electron chi connectivity index (χ1n) is 27.7. The number of unbranched alkanes of at least 4 members (excludes halogenated alkanes) is 22. The lowest BCUT2D eigenvalue weighted by molar-refractivity contribution is -0.167. The minimum atomic E-state index is -0.803. The summed E-state index contributed by atoms with van der Waals surface area (Å²) in [7, 11) is 0. The maximum atomic E-state index is 12.8. The van der Waals surface area contributed by atoms with Gasteiger partial charge in [-0.3, -0.25) is 14.4 Å². The predicted octanol–water partition coefficient (Wildman–Crippen LogP) is 18.5. The number of esters is 3. The zero-order valence-corrected chi connectivity index (χ0v) is 43.6. The molecule has 0 fully saturated rings. The molecule has 382 valence electrons. The van der Waals surface area contributed by atoms with Crippen molar-refractivity contribution in [3.05, 3.63) is 97.2 Å². The normalized spacial score (nSPS) is 12.8. The molecule has 0 aliphatic rings. The van der Waals surface area contributed by atoms with Gasteiger partial charge >= 0.3 is 17.9 Å². The van der Waals surface area contributed by atoms with E-state index in [9.17, 15) is 14.4 Å². The third-order valence-corrected chi connectivity index (χ3v) is 11.5. The van der Waals surface area contributed by atoms with Crippen LogP contribution >= 0.6 is 0 Å². The van der Waals surface area contributed by atoms with Crippen LogP contribution < -0.4 is 0 Å². The highest BCUT2D eigenvalue weighted by molar-refractivity contribution is 5.71. The third kappa shape index (κ3) is 53.2. The molecule has 0 rings (SSSR count). The molecule has 0 aliphatic heterocycles. The van der Waals surface area contributed by atoms with Crippen molar-refractivity contribution in [2.45, 2.75) is 258 Å². The summed E-state index contributed by atoms with van der Waals surface area (Å²) in [6.07, 6.45) is 72.4. The van der Waals surface area contributed by atoms with Crippen LogP contribution in [0.2, 0.25) is 0 Å². The van der Waals surface area contributed by atoms with E-state index in [2.05, 4.69) is 118 Å². The van der Waals surface area contributed by atoms with Crippen LogP contribution in [-0.2, 0) is 28.6 Å². The number of carbonyl (C=O) groups is 3. The number of rotatable bonds is 49. The molecule has 0 aromatic heterocycles. The fraction of sp³-hybridized carbons (Fsp3) is 0.689. The monoisotopic (exact) mass is 931 g/mol. The molecule has 0 spiro atoms. The van der Waals surface area contributed by atoms with Crippen molar-refractivity contribution in [2.24, 2.45) is 0 Å². The van der Waals surface area contributed by atoms with Gasteiger partial charge in [-0.1, -0.05) is 208 Å². The molecule has 6 nitrogen and oxygen atoms in total. The lowest BCUT2D eigenvalue weighted by Gasteiger charge is -2.18. The van der Waals surface area contributed by atoms with Crippen molar-refractivity contribution in [3.63, 3.8) is 0 Å². The molecule has 0 bridgehead atoms. The van der Waals surface area contributed by atoms with Crippen LogP contribution in [0.15, 0.2) is 97.2 Å². The zero-order valence-electron chi connectivity index (χ0n) is 43.6. The molecule has 67 heavy (non-hydrogen) atoms. The molecule has 0 amide bonds. The Bertz CT molecular complexity index is 1350. The molecule has 0 saturated carbocycles. The van der Waals surface area contributed by atoms with Gasteiger partial charge in [-0.15, -0.1) is 0 Å². The highest BCUT2D eigenvalue weighted by atomic mass is 16.6. The summed E-state index contributed by atoms with van der Waals surface area (Å²) in [5.41, 5.74) is 0. The summed E-state index contributed by atoms with van der Waals surface area (Å²) < 4.78 is 16.8. The summed E-state index contributed by atoms with van der Waals surface area (Å²) in [5.74, 6) is -0.948. The Morgan fingerprint density at radius 1 is 0.313 bits per heavy atom. The second kappa shape index (κ2) is 54.9. The maximum absolute atomic E-state index is 12.8. The van der Waals surface area contributed by atoms with Gasteiger partial charge in [0.2, 0.25) is 0 Å². The molecule has 1 atom stereocenters. The van der Waals surface area contributed by atoms with Crippen LogP contribution in [0.3, 0.4) is 0 Å². The molecule has 0 heterocycles. The van der Waals surface area contributed by atoms with Crippen molar-refractivity contribution in [3.8, 4) is 0 Å². The summed E-state index contributed by atoms with van der Waals surface area (Å²) in [4.78, 5) is 38.1. The van der Waals surface area contributed by atoms with E-state index in [1.165, 1.54) is 89.9 Å². The van der Waals surface area contributed by atoms with Gasteiger partial charge in [-0.25, -0.2) is 0 Å². The quantitative estimate of drug-likeness (QED) is 0.0262. The largest absolute Gasteiger partial charge is 0.462 e. The first-order valence-corrected chi connectivity index (χ1v) is 27.7. The second-order valence-corrected chi connectivity index (χ2v) is 18.1. The van der Waals surface area contributed by atoms with E-state index >= 15 is 0 Å². The van der Waals surface area contributed by atoms with Gasteiger partial charge < -0.3 is 14.2 Å². The van der Waals surface area contributed by atoms with E-state index < -0.39 is 6.10 Å². The Balaban J connectivity index is 4.49. The summed E-state index contributed by atoms with van der Waals surface area (Å²) in [5, 5.41) is 0. The highest BCUT2D eigenvalue weighted by Crippen LogP contribution is 2.14. The average Bonchev–Trinajstić information content (AvgIpc) is 3.33. The van der Waals surface area contributed by atoms with Crippen LogP contribution in [0.5, 0.6) is 0 Å². The first-order chi connectivity index (χ1) is 33.0. The van der Waals surface area contributed by atoms with Gasteiger partial charge in [0.05, 0.1) is 0 Å². The Morgan fingerprint density at radius 3 is 0.955 bits per heavy atom. The average molecular weight is 931 g/mol. The minimum absolute atomic E-state index is 0.0978. The number of ether oxygens (including phenoxy) is 3. The van der Waals surface area contributed by atoms with Crippen molar-refractivity contribution in [1.82, 2.24) is 0 Å². The summed E-state index contributed by atoms with van der Waals surface area (Å²) >= 11 is 0. The van der Waals surface area contributed by atoms with Crippen LogP contribution in [-0.4, -0.2) is 37.2 Å². The molecule has 0 unspecified atom stereocenters. The van der Waals surface area contributed by atoms with Crippen molar-refractivity contribution in [2.75, 3.05) is 13.2 Å². The van der Waals surface area contributed by atoms with E-state index in [0.29, 0.717) is 19.3 Å². The van der Waals surface area contributed by atoms with Gasteiger partial charge in [-0.05, 0) is 122 Å². The topological polar surface area (TPSA) is 78.9 Å². The molecule has 0 aromatic carbocycles. The molecular formula is C61H102O6. The van der Waals surface area contributed by atoms with Crippen LogP contribution in [0.1, 0.15) is 252 Å². The molecule has 6 heteroatoms. The van der Waals surface area contributed by atoms with Gasteiger partial charge in [0, 0.05) is 19.3 Å². The second-order valence-electron chi connectivity index (χ2n) is 18.1. The fourth-order valence-electron chi connectivity index (χ4n) is 7.37. The zero-order chi connectivity index (χ0) is 48.6. The lowest BCUT2D eigenvalue weighted by atomic mass is 10.1. The highest BCUT2D eigenvalue weighted by Gasteiger charge is 2.19. The van der Waals surface area contributed by atoms with Gasteiger partial charge in [-0.2, -0.15) is 0 Å². The Labute approximate surface area is 413 Å². The minimum Gasteiger partial charge on any atom is -0.462 e. The predicted molar refractivity (Wildman–Crippen MR) is 288 cm³/mol. The van der Waals surface area contributed by atoms with E-state index in [4.69, 9.17) is 14.2 Å². The fourth-order valence-corrected chi connectivity index (χ4v) is 7.37. The number of hydrogen-bond acceptors (Lipinski definition) is 6. The van der Waals surface area contributed by atoms with Crippen LogP contribution in [0, 0.1) is 0 Å². The maximum Gasteiger partial charge on any atom is 0.306 e. The van der Waals surface area contributed by atoms with E-state index in [0.717, 1.165) is 122 Å². The van der Waals surface area contributed by atoms with Crippen LogP contribution in [0.25, 0.3) is 0 Å². The Kier molecular flexibility index (Phi) is 51.9. The molecule has 0 aromatic rings. The summed E-state index contributed by atoms with van der Waals surface area (Å²) in [6.45, 7) is 6.44. The van der Waals surface area contributed by atoms with E-state index in [1.807, 2.05) is 0 Å². The standard InChI is InChI=1S/C61H102O6/c1-4-7-10-13-16-19-22-25-28-30-33-36-39-42-45-48-51-54-60(63)66-57-58(56-65-59(62)53-50-47-44-41-38-35-32-27-24-21-18-15-12-9-6-3)67-61(64)55-52-49-46-43-40-37-34-31-29-26-23-20-17-14-11-8-5-2/h8,11,16-17,19-21,24-26,28-29,33-34,36-37,58H,4-7,9-10,12-15,18,22-23,27,30-32,35,38-57H2,1-3H3/b11-8-,19-16-,20-17-,24-21-,28-25-,29-26-,36-33-,37-34-/t58-/m0/s1. The molecular weight excluding hydrogens is 829 g/mol. The van der Waals surface area contributed by atoms with E-state index in [1.54, 1.807) is 0 Å². The number of allylic oxidation sites excluding steroid dienone is 16. The van der Waals surface area contributed by atoms with Gasteiger partial charge in [0.25, 0.3) is 0 Å². The summed E-state index contributed by atoms with van der Waals surface area (Å²) in [6, 6.07) is 0. The van der Waals surface area contributed by atoms with Gasteiger partial charge in [0.15, 0.2) is 6.10 Å². The Morgan fingerprint density at radius 2 is 0.582 bits per heavy atom. The molecule has 0 aliphatic carbocycles. The van der Waals surface area contributed by atoms with Crippen molar-refractivity contribution >= 4 is 17.9 Å². The number of carbonyl (C=O) groups excluding carboxylic acids is 3. The molecule has 0 saturated heterocycles. The van der Waals surface area contributed by atoms with Gasteiger partial charge in [0.1, 0.15) is 13.2 Å².